The van der Waals surface area contributed by atoms with Gasteiger partial charge in [0.15, 0.2) is 0 Å². The van der Waals surface area contributed by atoms with E-state index in [0.717, 1.165) is 31.4 Å². The van der Waals surface area contributed by atoms with E-state index in [9.17, 15) is 13.0 Å². The van der Waals surface area contributed by atoms with Gasteiger partial charge in [-0.3, -0.25) is 4.55 Å². The molecule has 0 aromatic carbocycles. The predicted molar refractivity (Wildman–Crippen MR) is 76.3 cm³/mol. The Labute approximate surface area is 115 Å². The van der Waals surface area contributed by atoms with Gasteiger partial charge in [0.1, 0.15) is 4.58 Å². The highest BCUT2D eigenvalue weighted by Gasteiger charge is 2.34. The Bertz CT molecular complexity index is 341. The van der Waals surface area contributed by atoms with Gasteiger partial charge in [-0.25, -0.2) is 0 Å². The molecule has 1 N–H and O–H groups in total. The predicted octanol–water partition coefficient (Wildman–Crippen LogP) is 3.70. The van der Waals surface area contributed by atoms with Crippen LogP contribution < -0.4 is 0 Å². The lowest BCUT2D eigenvalue weighted by Gasteiger charge is -2.28. The molecule has 106 valence electrons. The van der Waals surface area contributed by atoms with Crippen LogP contribution in [0, 0.1) is 11.8 Å². The zero-order valence-electron chi connectivity index (χ0n) is 10.9. The molecule has 0 radical (unpaired) electrons. The van der Waals surface area contributed by atoms with Crippen molar-refractivity contribution in [2.24, 2.45) is 11.8 Å². The fourth-order valence-corrected chi connectivity index (χ4v) is 6.30. The highest BCUT2D eigenvalue weighted by atomic mass is 32.3. The van der Waals surface area contributed by atoms with Gasteiger partial charge in [0.05, 0.1) is 0 Å². The summed E-state index contributed by atoms with van der Waals surface area (Å²) in [6.45, 7) is 0. The maximum absolute atomic E-state index is 11.6. The van der Waals surface area contributed by atoms with Crippen LogP contribution in [0.3, 0.4) is 0 Å². The molecule has 2 saturated carbocycles. The molecule has 0 amide bonds. The van der Waals surface area contributed by atoms with Crippen molar-refractivity contribution in [1.82, 2.24) is 0 Å². The first kappa shape index (κ1) is 14.7. The molecule has 18 heavy (non-hydrogen) atoms. The van der Waals surface area contributed by atoms with E-state index in [4.69, 9.17) is 0 Å². The third-order valence-corrected chi connectivity index (χ3v) is 7.79. The molecule has 0 saturated heterocycles. The number of hydrogen-bond acceptors (Lipinski definition) is 3. The highest BCUT2D eigenvalue weighted by Crippen LogP contribution is 2.38. The lowest BCUT2D eigenvalue weighted by atomic mass is 9.91. The van der Waals surface area contributed by atoms with Crippen LogP contribution in [0.4, 0.5) is 0 Å². The van der Waals surface area contributed by atoms with Crippen molar-refractivity contribution in [3.8, 4) is 0 Å². The molecule has 5 heteroatoms. The molecule has 0 heterocycles. The summed E-state index contributed by atoms with van der Waals surface area (Å²) in [6, 6.07) is 0. The van der Waals surface area contributed by atoms with E-state index in [1.807, 2.05) is 0 Å². The standard InChI is InChI=1S/C13H24O3S2/c14-18(15,16)13(12-8-2-1-3-9-12)17-10-11-6-4-5-7-11/h11-13H,1-10H2,(H,14,15,16). The Hall–Kier alpha value is 0.260. The Morgan fingerprint density at radius 1 is 1.00 bits per heavy atom. The quantitative estimate of drug-likeness (QED) is 0.785. The van der Waals surface area contributed by atoms with E-state index in [0.29, 0.717) is 5.92 Å². The van der Waals surface area contributed by atoms with Gasteiger partial charge in [0, 0.05) is 0 Å². The van der Waals surface area contributed by atoms with Gasteiger partial charge in [-0.1, -0.05) is 32.1 Å². The average Bonchev–Trinajstić information content (AvgIpc) is 2.82. The minimum absolute atomic E-state index is 0.167. The fraction of sp³-hybridized carbons (Fsp3) is 1.00. The summed E-state index contributed by atoms with van der Waals surface area (Å²) < 4.78 is 32.0. The van der Waals surface area contributed by atoms with Crippen LogP contribution >= 0.6 is 11.8 Å². The second-order valence-electron chi connectivity index (χ2n) is 5.77. The summed E-state index contributed by atoms with van der Waals surface area (Å²) in [5.74, 6) is 1.74. The molecule has 1 unspecified atom stereocenters. The van der Waals surface area contributed by atoms with Gasteiger partial charge < -0.3 is 0 Å². The molecule has 0 bridgehead atoms. The summed E-state index contributed by atoms with van der Waals surface area (Å²) in [5, 5.41) is 0. The summed E-state index contributed by atoms with van der Waals surface area (Å²) in [6.07, 6.45) is 10.4. The van der Waals surface area contributed by atoms with Crippen molar-refractivity contribution in [1.29, 1.82) is 0 Å². The maximum Gasteiger partial charge on any atom is 0.277 e. The summed E-state index contributed by atoms with van der Waals surface area (Å²) in [7, 11) is -3.89. The molecule has 3 nitrogen and oxygen atoms in total. The topological polar surface area (TPSA) is 54.4 Å². The van der Waals surface area contributed by atoms with E-state index in [-0.39, 0.29) is 5.92 Å². The smallest absolute Gasteiger partial charge is 0.277 e. The molecule has 2 aliphatic rings. The molecule has 1 atom stereocenters. The van der Waals surface area contributed by atoms with E-state index in [1.54, 1.807) is 0 Å². The molecular weight excluding hydrogens is 268 g/mol. The van der Waals surface area contributed by atoms with E-state index in [1.165, 1.54) is 43.9 Å². The second kappa shape index (κ2) is 6.62. The van der Waals surface area contributed by atoms with Crippen LogP contribution in [0.25, 0.3) is 0 Å². The Balaban J connectivity index is 1.91. The van der Waals surface area contributed by atoms with Crippen LogP contribution in [0.15, 0.2) is 0 Å². The molecule has 0 aliphatic heterocycles. The van der Waals surface area contributed by atoms with Crippen LogP contribution in [0.2, 0.25) is 0 Å². The molecule has 0 aromatic heterocycles. The first-order valence-corrected chi connectivity index (χ1v) is 9.70. The maximum atomic E-state index is 11.6. The average molecular weight is 292 g/mol. The molecule has 2 rings (SSSR count). The van der Waals surface area contributed by atoms with Gasteiger partial charge >= 0.3 is 0 Å². The first-order chi connectivity index (χ1) is 8.57. The highest BCUT2D eigenvalue weighted by molar-refractivity contribution is 8.11. The third-order valence-electron chi connectivity index (χ3n) is 4.30. The van der Waals surface area contributed by atoms with Crippen LogP contribution in [-0.2, 0) is 10.1 Å². The van der Waals surface area contributed by atoms with Crippen LogP contribution in [0.5, 0.6) is 0 Å². The summed E-state index contributed by atoms with van der Waals surface area (Å²) in [5.41, 5.74) is 0. The van der Waals surface area contributed by atoms with Crippen molar-refractivity contribution < 1.29 is 13.0 Å². The molecule has 0 aromatic rings. The van der Waals surface area contributed by atoms with Crippen LogP contribution in [-0.4, -0.2) is 23.3 Å². The lowest BCUT2D eigenvalue weighted by molar-refractivity contribution is 0.362. The van der Waals surface area contributed by atoms with Crippen molar-refractivity contribution in [3.63, 3.8) is 0 Å². The van der Waals surface area contributed by atoms with Crippen molar-refractivity contribution in [3.05, 3.63) is 0 Å². The minimum Gasteiger partial charge on any atom is -0.285 e. The second-order valence-corrected chi connectivity index (χ2v) is 8.78. The zero-order chi connectivity index (χ0) is 13.0. The van der Waals surface area contributed by atoms with Gasteiger partial charge in [-0.2, -0.15) is 8.42 Å². The van der Waals surface area contributed by atoms with Gasteiger partial charge in [-0.05, 0) is 43.3 Å². The van der Waals surface area contributed by atoms with Crippen molar-refractivity contribution in [2.45, 2.75) is 62.4 Å². The van der Waals surface area contributed by atoms with E-state index >= 15 is 0 Å². The van der Waals surface area contributed by atoms with Gasteiger partial charge in [0.2, 0.25) is 0 Å². The largest absolute Gasteiger partial charge is 0.285 e. The van der Waals surface area contributed by atoms with E-state index < -0.39 is 14.7 Å². The monoisotopic (exact) mass is 292 g/mol. The van der Waals surface area contributed by atoms with Gasteiger partial charge in [0.25, 0.3) is 10.1 Å². The third kappa shape index (κ3) is 4.14. The normalized spacial score (nSPS) is 25.4. The minimum atomic E-state index is -3.89. The summed E-state index contributed by atoms with van der Waals surface area (Å²) >= 11 is 1.49. The molecule has 2 fully saturated rings. The van der Waals surface area contributed by atoms with Crippen LogP contribution in [0.1, 0.15) is 57.8 Å². The Morgan fingerprint density at radius 3 is 2.11 bits per heavy atom. The Morgan fingerprint density at radius 2 is 1.56 bits per heavy atom. The van der Waals surface area contributed by atoms with E-state index in [2.05, 4.69) is 0 Å². The van der Waals surface area contributed by atoms with Gasteiger partial charge in [-0.15, -0.1) is 11.8 Å². The zero-order valence-corrected chi connectivity index (χ0v) is 12.5. The number of rotatable bonds is 5. The Kier molecular flexibility index (Phi) is 5.39. The number of hydrogen-bond donors (Lipinski definition) is 1. The molecular formula is C13H24O3S2. The molecule has 0 spiro atoms. The summed E-state index contributed by atoms with van der Waals surface area (Å²) in [4.78, 5) is 0. The van der Waals surface area contributed by atoms with Crippen molar-refractivity contribution in [2.75, 3.05) is 5.75 Å². The SMILES string of the molecule is O=S(=O)(O)C(SCC1CCCC1)C1CCCCC1. The lowest BCUT2D eigenvalue weighted by Crippen LogP contribution is -2.29. The fourth-order valence-electron chi connectivity index (χ4n) is 3.28. The molecule has 2 aliphatic carbocycles. The number of thioether (sulfide) groups is 1. The van der Waals surface area contributed by atoms with Crippen molar-refractivity contribution >= 4 is 21.9 Å². The first-order valence-electron chi connectivity index (χ1n) is 7.15.